The van der Waals surface area contributed by atoms with Crippen LogP contribution in [0.2, 0.25) is 0 Å². The van der Waals surface area contributed by atoms with Crippen LogP contribution in [0.15, 0.2) is 42.5 Å². The van der Waals surface area contributed by atoms with Gasteiger partial charge in [-0.25, -0.2) is 9.97 Å². The number of rotatable bonds is 5. The summed E-state index contributed by atoms with van der Waals surface area (Å²) in [7, 11) is 0. The number of ketones is 1. The molecular formula is C25H28N4O2. The van der Waals surface area contributed by atoms with Gasteiger partial charge in [0.15, 0.2) is 11.6 Å². The lowest BCUT2D eigenvalue weighted by Crippen LogP contribution is -2.49. The van der Waals surface area contributed by atoms with Gasteiger partial charge < -0.3 is 9.80 Å². The minimum absolute atomic E-state index is 0.0251. The first-order chi connectivity index (χ1) is 14.9. The van der Waals surface area contributed by atoms with E-state index in [4.69, 9.17) is 4.98 Å². The Morgan fingerprint density at radius 1 is 0.839 bits per heavy atom. The third-order valence-electron chi connectivity index (χ3n) is 6.05. The Bertz CT molecular complexity index is 1130. The molecule has 1 amide bonds. The molecule has 0 bridgehead atoms. The van der Waals surface area contributed by atoms with Gasteiger partial charge in [-0.1, -0.05) is 24.3 Å². The van der Waals surface area contributed by atoms with Gasteiger partial charge in [-0.15, -0.1) is 0 Å². The minimum atomic E-state index is 0.0251. The van der Waals surface area contributed by atoms with E-state index in [1.54, 1.807) is 0 Å². The molecule has 0 atom stereocenters. The van der Waals surface area contributed by atoms with Crippen LogP contribution in [0.1, 0.15) is 40.0 Å². The van der Waals surface area contributed by atoms with E-state index in [1.165, 1.54) is 0 Å². The van der Waals surface area contributed by atoms with Crippen molar-refractivity contribution in [1.29, 1.82) is 0 Å². The summed E-state index contributed by atoms with van der Waals surface area (Å²) in [6.07, 6.45) is 0.497. The highest BCUT2D eigenvalue weighted by Gasteiger charge is 2.24. The third-order valence-corrected chi connectivity index (χ3v) is 6.05. The molecule has 0 spiro atoms. The van der Waals surface area contributed by atoms with Crippen LogP contribution in [0.25, 0.3) is 11.0 Å². The molecule has 3 aromatic rings. The third kappa shape index (κ3) is 4.58. The average molecular weight is 417 g/mol. The molecule has 0 saturated carbocycles. The van der Waals surface area contributed by atoms with Crippen LogP contribution in [0.4, 0.5) is 5.82 Å². The summed E-state index contributed by atoms with van der Waals surface area (Å²) in [5, 5.41) is 0. The molecule has 1 aliphatic heterocycles. The Labute approximate surface area is 182 Å². The molecule has 0 unspecified atom stereocenters. The van der Waals surface area contributed by atoms with E-state index < -0.39 is 0 Å². The zero-order valence-corrected chi connectivity index (χ0v) is 18.4. The number of carbonyl (C=O) groups is 2. The fourth-order valence-electron chi connectivity index (χ4n) is 3.98. The quantitative estimate of drug-likeness (QED) is 0.591. The topological polar surface area (TPSA) is 66.4 Å². The molecule has 0 aliphatic carbocycles. The van der Waals surface area contributed by atoms with Gasteiger partial charge in [-0.3, -0.25) is 9.59 Å². The maximum Gasteiger partial charge on any atom is 0.223 e. The molecule has 4 rings (SSSR count). The first kappa shape index (κ1) is 21.0. The van der Waals surface area contributed by atoms with Crippen molar-refractivity contribution in [1.82, 2.24) is 14.9 Å². The van der Waals surface area contributed by atoms with E-state index in [-0.39, 0.29) is 24.5 Å². The molecule has 1 aromatic heterocycles. The molecule has 1 fully saturated rings. The van der Waals surface area contributed by atoms with E-state index in [9.17, 15) is 9.59 Å². The standard InChI is InChI=1S/C25H28N4O2/c1-17-8-9-20(16-18(17)2)23(30)10-11-24(31)28-12-14-29(15-13-28)25-19(3)26-21-6-4-5-7-22(21)27-25/h4-9,16H,10-15H2,1-3H3. The second-order valence-corrected chi connectivity index (χ2v) is 8.21. The number of Topliss-reactive ketones (excluding diaryl/α,β-unsaturated/α-hetero) is 1. The summed E-state index contributed by atoms with van der Waals surface area (Å²) < 4.78 is 0. The van der Waals surface area contributed by atoms with Crippen molar-refractivity contribution in [3.63, 3.8) is 0 Å². The van der Waals surface area contributed by atoms with Crippen molar-refractivity contribution in [2.24, 2.45) is 0 Å². The average Bonchev–Trinajstić information content (AvgIpc) is 2.78. The molecule has 160 valence electrons. The number of aryl methyl sites for hydroxylation is 3. The summed E-state index contributed by atoms with van der Waals surface area (Å²) in [6.45, 7) is 8.69. The van der Waals surface area contributed by atoms with Crippen LogP contribution in [-0.4, -0.2) is 52.7 Å². The largest absolute Gasteiger partial charge is 0.352 e. The SMILES string of the molecule is Cc1ccc(C(=O)CCC(=O)N2CCN(c3nc4ccccc4nc3C)CC2)cc1C. The molecule has 0 N–H and O–H groups in total. The van der Waals surface area contributed by atoms with Crippen LogP contribution in [0.5, 0.6) is 0 Å². The molecule has 1 saturated heterocycles. The van der Waals surface area contributed by atoms with Crippen molar-refractivity contribution < 1.29 is 9.59 Å². The van der Waals surface area contributed by atoms with Crippen LogP contribution in [-0.2, 0) is 4.79 Å². The van der Waals surface area contributed by atoms with E-state index in [1.807, 2.05) is 68.1 Å². The summed E-state index contributed by atoms with van der Waals surface area (Å²) in [5.41, 5.74) is 5.62. The molecule has 1 aliphatic rings. The fourth-order valence-corrected chi connectivity index (χ4v) is 3.98. The van der Waals surface area contributed by atoms with Crippen molar-refractivity contribution in [2.75, 3.05) is 31.1 Å². The number of hydrogen-bond donors (Lipinski definition) is 0. The molecular weight excluding hydrogens is 388 g/mol. The predicted octanol–water partition coefficient (Wildman–Crippen LogP) is 3.87. The highest BCUT2D eigenvalue weighted by atomic mass is 16.2. The van der Waals surface area contributed by atoms with E-state index >= 15 is 0 Å². The van der Waals surface area contributed by atoms with Crippen molar-refractivity contribution >= 4 is 28.5 Å². The number of para-hydroxylation sites is 2. The number of benzene rings is 2. The predicted molar refractivity (Wildman–Crippen MR) is 123 cm³/mol. The highest BCUT2D eigenvalue weighted by Crippen LogP contribution is 2.21. The molecule has 6 heteroatoms. The van der Waals surface area contributed by atoms with Gasteiger partial charge in [0.05, 0.1) is 16.7 Å². The second kappa shape index (κ2) is 8.84. The van der Waals surface area contributed by atoms with E-state index in [2.05, 4.69) is 9.88 Å². The summed E-state index contributed by atoms with van der Waals surface area (Å²) in [5.74, 6) is 0.950. The number of aromatic nitrogens is 2. The second-order valence-electron chi connectivity index (χ2n) is 8.21. The molecule has 6 nitrogen and oxygen atoms in total. The lowest BCUT2D eigenvalue weighted by Gasteiger charge is -2.36. The number of hydrogen-bond acceptors (Lipinski definition) is 5. The van der Waals surface area contributed by atoms with Gasteiger partial charge in [0, 0.05) is 44.6 Å². The smallest absolute Gasteiger partial charge is 0.223 e. The zero-order chi connectivity index (χ0) is 22.0. The first-order valence-corrected chi connectivity index (χ1v) is 10.8. The van der Waals surface area contributed by atoms with Gasteiger partial charge in [0.25, 0.3) is 0 Å². The Kier molecular flexibility index (Phi) is 5.98. The monoisotopic (exact) mass is 416 g/mol. The first-order valence-electron chi connectivity index (χ1n) is 10.8. The van der Waals surface area contributed by atoms with Gasteiger partial charge in [0.1, 0.15) is 0 Å². The van der Waals surface area contributed by atoms with Gasteiger partial charge in [0.2, 0.25) is 5.91 Å². The van der Waals surface area contributed by atoms with Gasteiger partial charge >= 0.3 is 0 Å². The van der Waals surface area contributed by atoms with Gasteiger partial charge in [-0.2, -0.15) is 0 Å². The Morgan fingerprint density at radius 2 is 1.52 bits per heavy atom. The van der Waals surface area contributed by atoms with Crippen LogP contribution >= 0.6 is 0 Å². The van der Waals surface area contributed by atoms with Crippen LogP contribution in [0.3, 0.4) is 0 Å². The molecule has 31 heavy (non-hydrogen) atoms. The summed E-state index contributed by atoms with van der Waals surface area (Å²) >= 11 is 0. The Hall–Kier alpha value is -3.28. The van der Waals surface area contributed by atoms with Crippen molar-refractivity contribution in [3.8, 4) is 0 Å². The van der Waals surface area contributed by atoms with E-state index in [0.29, 0.717) is 31.7 Å². The molecule has 2 aromatic carbocycles. The molecule has 2 heterocycles. The minimum Gasteiger partial charge on any atom is -0.352 e. The fraction of sp³-hybridized carbons (Fsp3) is 0.360. The highest BCUT2D eigenvalue weighted by molar-refractivity contribution is 5.98. The maximum atomic E-state index is 12.7. The molecule has 0 radical (unpaired) electrons. The number of anilines is 1. The maximum absolute atomic E-state index is 12.7. The Balaban J connectivity index is 1.33. The number of carbonyl (C=O) groups excluding carboxylic acids is 2. The normalized spacial score (nSPS) is 14.2. The number of fused-ring (bicyclic) bond motifs is 1. The van der Waals surface area contributed by atoms with Gasteiger partial charge in [-0.05, 0) is 50.1 Å². The van der Waals surface area contributed by atoms with Crippen molar-refractivity contribution in [3.05, 3.63) is 64.8 Å². The van der Waals surface area contributed by atoms with E-state index in [0.717, 1.165) is 33.7 Å². The van der Waals surface area contributed by atoms with Crippen LogP contribution < -0.4 is 4.90 Å². The lowest BCUT2D eigenvalue weighted by atomic mass is 10.0. The number of amides is 1. The Morgan fingerprint density at radius 3 is 2.19 bits per heavy atom. The summed E-state index contributed by atoms with van der Waals surface area (Å²) in [6, 6.07) is 13.6. The van der Waals surface area contributed by atoms with Crippen molar-refractivity contribution in [2.45, 2.75) is 33.6 Å². The summed E-state index contributed by atoms with van der Waals surface area (Å²) in [4.78, 5) is 38.7. The lowest BCUT2D eigenvalue weighted by molar-refractivity contribution is -0.131. The number of piperazine rings is 1. The number of nitrogens with zero attached hydrogens (tertiary/aromatic N) is 4. The van der Waals surface area contributed by atoms with Crippen LogP contribution in [0, 0.1) is 20.8 Å². The zero-order valence-electron chi connectivity index (χ0n) is 18.4.